The van der Waals surface area contributed by atoms with Crippen LogP contribution in [0.15, 0.2) is 10.6 Å². The van der Waals surface area contributed by atoms with Gasteiger partial charge in [0.15, 0.2) is 5.76 Å². The Bertz CT molecular complexity index is 516. The van der Waals surface area contributed by atoms with E-state index in [-0.39, 0.29) is 17.2 Å². The van der Waals surface area contributed by atoms with E-state index in [0.29, 0.717) is 12.5 Å². The Kier molecular flexibility index (Phi) is 4.52. The fourth-order valence-corrected chi connectivity index (χ4v) is 3.80. The molecule has 0 aromatic carbocycles. The topological polar surface area (TPSA) is 67.2 Å². The number of amides is 1. The molecule has 1 aliphatic heterocycles. The quantitative estimate of drug-likeness (QED) is 0.847. The van der Waals surface area contributed by atoms with Gasteiger partial charge in [-0.15, -0.1) is 0 Å². The number of hydrogen-bond acceptors (Lipinski definition) is 4. The molecule has 1 amide bonds. The Labute approximate surface area is 132 Å². The summed E-state index contributed by atoms with van der Waals surface area (Å²) < 4.78 is 5.36. The van der Waals surface area contributed by atoms with E-state index in [0.717, 1.165) is 56.6 Å². The molecule has 5 heteroatoms. The van der Waals surface area contributed by atoms with Crippen molar-refractivity contribution in [3.63, 3.8) is 0 Å². The average Bonchev–Trinajstić information content (AvgIpc) is 3.02. The first kappa shape index (κ1) is 15.5. The lowest BCUT2D eigenvalue weighted by molar-refractivity contribution is -0.123. The summed E-state index contributed by atoms with van der Waals surface area (Å²) in [6.07, 6.45) is 5.44. The normalized spacial score (nSPS) is 23.0. The van der Waals surface area contributed by atoms with Gasteiger partial charge in [0.25, 0.3) is 0 Å². The minimum absolute atomic E-state index is 0.183. The van der Waals surface area contributed by atoms with Gasteiger partial charge in [0.05, 0.1) is 12.2 Å². The van der Waals surface area contributed by atoms with Crippen LogP contribution < -0.4 is 10.6 Å². The van der Waals surface area contributed by atoms with Gasteiger partial charge in [-0.2, -0.15) is 0 Å². The second kappa shape index (κ2) is 6.41. The van der Waals surface area contributed by atoms with E-state index < -0.39 is 0 Å². The molecule has 2 aliphatic rings. The summed E-state index contributed by atoms with van der Waals surface area (Å²) in [6, 6.07) is 1.99. The summed E-state index contributed by atoms with van der Waals surface area (Å²) in [5, 5.41) is 10.5. The van der Waals surface area contributed by atoms with Crippen LogP contribution in [0.3, 0.4) is 0 Å². The molecule has 2 fully saturated rings. The molecule has 1 spiro atoms. The zero-order valence-corrected chi connectivity index (χ0v) is 13.7. The first-order valence-corrected chi connectivity index (χ1v) is 8.62. The van der Waals surface area contributed by atoms with Crippen LogP contribution in [0.25, 0.3) is 0 Å². The predicted octanol–water partition coefficient (Wildman–Crippen LogP) is 2.58. The molecule has 1 atom stereocenters. The number of hydrogen-bond donors (Lipinski definition) is 2. The number of rotatable bonds is 6. The van der Waals surface area contributed by atoms with Crippen molar-refractivity contribution in [1.29, 1.82) is 0 Å². The van der Waals surface area contributed by atoms with Gasteiger partial charge in [-0.1, -0.05) is 19.0 Å². The summed E-state index contributed by atoms with van der Waals surface area (Å²) in [7, 11) is 0. The molecule has 2 heterocycles. The Morgan fingerprint density at radius 1 is 1.45 bits per heavy atom. The van der Waals surface area contributed by atoms with Crippen molar-refractivity contribution in [2.24, 2.45) is 11.3 Å². The Hall–Kier alpha value is -1.36. The van der Waals surface area contributed by atoms with Crippen molar-refractivity contribution in [2.75, 3.05) is 13.1 Å². The minimum atomic E-state index is 0.183. The first-order valence-electron chi connectivity index (χ1n) is 8.62. The summed E-state index contributed by atoms with van der Waals surface area (Å²) >= 11 is 0. The molecule has 5 nitrogen and oxygen atoms in total. The van der Waals surface area contributed by atoms with E-state index in [4.69, 9.17) is 4.52 Å². The van der Waals surface area contributed by atoms with Crippen LogP contribution in [0.2, 0.25) is 0 Å². The molecule has 0 bridgehead atoms. The molecular weight excluding hydrogens is 278 g/mol. The molecule has 2 N–H and O–H groups in total. The highest BCUT2D eigenvalue weighted by molar-refractivity contribution is 5.82. The highest BCUT2D eigenvalue weighted by Crippen LogP contribution is 2.58. The molecule has 1 saturated heterocycles. The zero-order chi connectivity index (χ0) is 15.6. The summed E-state index contributed by atoms with van der Waals surface area (Å²) in [5.74, 6) is 1.60. The van der Waals surface area contributed by atoms with E-state index in [1.165, 1.54) is 0 Å². The number of carbonyl (C=O) groups is 1. The lowest BCUT2D eigenvalue weighted by atomic mass is 9.92. The third-order valence-electron chi connectivity index (χ3n) is 5.52. The van der Waals surface area contributed by atoms with Crippen LogP contribution in [0.4, 0.5) is 0 Å². The van der Waals surface area contributed by atoms with Gasteiger partial charge in [-0.3, -0.25) is 4.79 Å². The summed E-state index contributed by atoms with van der Waals surface area (Å²) in [6.45, 7) is 6.87. The van der Waals surface area contributed by atoms with Gasteiger partial charge in [0.2, 0.25) is 5.91 Å². The Morgan fingerprint density at radius 3 is 2.86 bits per heavy atom. The standard InChI is InChI=1S/C17H27N3O2/c1-3-12(4-2)15-9-13(22-20-15)11-19-16(21)14-10-17(14)5-7-18-8-6-17/h9,12,14,18H,3-8,10-11H2,1-2H3,(H,19,21). The lowest BCUT2D eigenvalue weighted by Crippen LogP contribution is -2.33. The molecule has 122 valence electrons. The van der Waals surface area contributed by atoms with Crippen molar-refractivity contribution >= 4 is 5.91 Å². The summed E-state index contributed by atoms with van der Waals surface area (Å²) in [5.41, 5.74) is 1.30. The Balaban J connectivity index is 1.50. The van der Waals surface area contributed by atoms with Crippen LogP contribution in [0.1, 0.15) is 63.3 Å². The second-order valence-electron chi connectivity index (χ2n) is 6.82. The van der Waals surface area contributed by atoms with Crippen molar-refractivity contribution in [3.8, 4) is 0 Å². The maximum Gasteiger partial charge on any atom is 0.224 e. The minimum Gasteiger partial charge on any atom is -0.359 e. The maximum atomic E-state index is 12.3. The molecule has 1 aromatic heterocycles. The Morgan fingerprint density at radius 2 is 2.18 bits per heavy atom. The monoisotopic (exact) mass is 305 g/mol. The predicted molar refractivity (Wildman–Crippen MR) is 84.3 cm³/mol. The summed E-state index contributed by atoms with van der Waals surface area (Å²) in [4.78, 5) is 12.3. The largest absolute Gasteiger partial charge is 0.359 e. The van der Waals surface area contributed by atoms with E-state index >= 15 is 0 Å². The molecule has 0 radical (unpaired) electrons. The van der Waals surface area contributed by atoms with Crippen LogP contribution in [0.5, 0.6) is 0 Å². The molecule has 1 aromatic rings. The van der Waals surface area contributed by atoms with Crippen molar-refractivity contribution in [3.05, 3.63) is 17.5 Å². The number of aromatic nitrogens is 1. The third-order valence-corrected chi connectivity index (χ3v) is 5.52. The lowest BCUT2D eigenvalue weighted by Gasteiger charge is -2.23. The number of nitrogens with zero attached hydrogens (tertiary/aromatic N) is 1. The van der Waals surface area contributed by atoms with Gasteiger partial charge in [0, 0.05) is 17.9 Å². The van der Waals surface area contributed by atoms with Crippen LogP contribution in [-0.4, -0.2) is 24.2 Å². The SMILES string of the molecule is CCC(CC)c1cc(CNC(=O)C2CC23CCNCC3)on1. The van der Waals surface area contributed by atoms with Gasteiger partial charge in [0.1, 0.15) is 0 Å². The fraction of sp³-hybridized carbons (Fsp3) is 0.765. The van der Waals surface area contributed by atoms with Gasteiger partial charge in [-0.25, -0.2) is 0 Å². The molecule has 3 rings (SSSR count). The second-order valence-corrected chi connectivity index (χ2v) is 6.82. The van der Waals surface area contributed by atoms with Crippen LogP contribution in [-0.2, 0) is 11.3 Å². The molecule has 1 saturated carbocycles. The highest BCUT2D eigenvalue weighted by Gasteiger charge is 2.57. The number of carbonyl (C=O) groups excluding carboxylic acids is 1. The zero-order valence-electron chi connectivity index (χ0n) is 13.7. The van der Waals surface area contributed by atoms with Crippen molar-refractivity contribution in [1.82, 2.24) is 15.8 Å². The van der Waals surface area contributed by atoms with Crippen molar-refractivity contribution < 1.29 is 9.32 Å². The van der Waals surface area contributed by atoms with Crippen LogP contribution in [0, 0.1) is 11.3 Å². The van der Waals surface area contributed by atoms with E-state index in [1.807, 2.05) is 6.07 Å². The van der Waals surface area contributed by atoms with Crippen molar-refractivity contribution in [2.45, 2.75) is 58.4 Å². The van der Waals surface area contributed by atoms with E-state index in [1.54, 1.807) is 0 Å². The van der Waals surface area contributed by atoms with E-state index in [2.05, 4.69) is 29.6 Å². The first-order chi connectivity index (χ1) is 10.7. The molecule has 1 aliphatic carbocycles. The van der Waals surface area contributed by atoms with Crippen LogP contribution >= 0.6 is 0 Å². The van der Waals surface area contributed by atoms with Gasteiger partial charge >= 0.3 is 0 Å². The number of piperidine rings is 1. The van der Waals surface area contributed by atoms with E-state index in [9.17, 15) is 4.79 Å². The highest BCUT2D eigenvalue weighted by atomic mass is 16.5. The average molecular weight is 305 g/mol. The third kappa shape index (κ3) is 3.05. The molecular formula is C17H27N3O2. The van der Waals surface area contributed by atoms with Gasteiger partial charge < -0.3 is 15.2 Å². The van der Waals surface area contributed by atoms with Gasteiger partial charge in [-0.05, 0) is 50.6 Å². The molecule has 1 unspecified atom stereocenters. The molecule has 22 heavy (non-hydrogen) atoms. The smallest absolute Gasteiger partial charge is 0.224 e. The fourth-order valence-electron chi connectivity index (χ4n) is 3.80. The number of nitrogens with one attached hydrogen (secondary N) is 2. The maximum absolute atomic E-state index is 12.3.